The minimum absolute atomic E-state index is 0.132. The predicted molar refractivity (Wildman–Crippen MR) is 114 cm³/mol. The molecule has 0 fully saturated rings. The van der Waals surface area contributed by atoms with Gasteiger partial charge in [-0.05, 0) is 30.2 Å². The molecule has 1 N–H and O–H groups in total. The summed E-state index contributed by atoms with van der Waals surface area (Å²) in [7, 11) is -3.90. The molecule has 0 heterocycles. The minimum atomic E-state index is -3.90. The van der Waals surface area contributed by atoms with E-state index in [0.29, 0.717) is 11.1 Å². The fraction of sp³-hybridized carbons (Fsp3) is 0.174. The first-order chi connectivity index (χ1) is 13.8. The fourth-order valence-corrected chi connectivity index (χ4v) is 5.49. The van der Waals surface area contributed by atoms with Gasteiger partial charge in [-0.15, -0.1) is 11.6 Å². The molecule has 0 radical (unpaired) electrons. The second-order valence-electron chi connectivity index (χ2n) is 7.30. The number of hydrogen-bond acceptors (Lipinski definition) is 3. The third-order valence-electron chi connectivity index (χ3n) is 5.28. The van der Waals surface area contributed by atoms with Crippen molar-refractivity contribution >= 4 is 27.4 Å². The van der Waals surface area contributed by atoms with E-state index in [1.807, 2.05) is 25.1 Å². The van der Waals surface area contributed by atoms with Gasteiger partial charge in [0.1, 0.15) is 4.87 Å². The van der Waals surface area contributed by atoms with Crippen molar-refractivity contribution in [1.29, 1.82) is 0 Å². The van der Waals surface area contributed by atoms with E-state index < -0.39 is 20.9 Å². The third kappa shape index (κ3) is 3.62. The molecule has 29 heavy (non-hydrogen) atoms. The normalized spacial score (nSPS) is 19.7. The maximum atomic E-state index is 13.2. The van der Waals surface area contributed by atoms with Crippen molar-refractivity contribution in [3.63, 3.8) is 0 Å². The molecule has 0 saturated carbocycles. The lowest BCUT2D eigenvalue weighted by molar-refractivity contribution is 0.0936. The first-order valence-electron chi connectivity index (χ1n) is 9.27. The third-order valence-corrected chi connectivity index (χ3v) is 7.24. The Morgan fingerprint density at radius 2 is 1.55 bits per heavy atom. The molecule has 4 nitrogen and oxygen atoms in total. The number of alkyl halides is 1. The van der Waals surface area contributed by atoms with Gasteiger partial charge in [0.25, 0.3) is 0 Å². The van der Waals surface area contributed by atoms with Gasteiger partial charge in [0.15, 0.2) is 5.78 Å². The van der Waals surface area contributed by atoms with E-state index in [0.717, 1.165) is 11.1 Å². The predicted octanol–water partition coefficient (Wildman–Crippen LogP) is 4.43. The summed E-state index contributed by atoms with van der Waals surface area (Å²) in [6.45, 7) is 1.89. The van der Waals surface area contributed by atoms with Crippen LogP contribution in [0, 0.1) is 6.92 Å². The number of halogens is 1. The van der Waals surface area contributed by atoms with Gasteiger partial charge in [-0.3, -0.25) is 4.79 Å². The number of rotatable bonds is 5. The number of hydrogen-bond donors (Lipinski definition) is 1. The van der Waals surface area contributed by atoms with Crippen LogP contribution in [-0.4, -0.2) is 19.1 Å². The zero-order valence-electron chi connectivity index (χ0n) is 15.8. The van der Waals surface area contributed by atoms with E-state index in [9.17, 15) is 13.2 Å². The fourth-order valence-electron chi connectivity index (χ4n) is 3.72. The molecule has 6 heteroatoms. The van der Waals surface area contributed by atoms with Gasteiger partial charge in [-0.1, -0.05) is 72.3 Å². The lowest BCUT2D eigenvalue weighted by atomic mass is 9.89. The lowest BCUT2D eigenvalue weighted by Crippen LogP contribution is -2.46. The maximum absolute atomic E-state index is 13.2. The van der Waals surface area contributed by atoms with Crippen LogP contribution in [0.25, 0.3) is 0 Å². The zero-order valence-corrected chi connectivity index (χ0v) is 17.4. The molecule has 1 aliphatic rings. The summed E-state index contributed by atoms with van der Waals surface area (Å²) in [5, 5.41) is 0. The Labute approximate surface area is 175 Å². The van der Waals surface area contributed by atoms with Crippen molar-refractivity contribution in [2.45, 2.75) is 29.2 Å². The first kappa shape index (κ1) is 19.8. The summed E-state index contributed by atoms with van der Waals surface area (Å²) in [6, 6.07) is 21.9. The Morgan fingerprint density at radius 3 is 2.21 bits per heavy atom. The molecular formula is C23H20ClNO3S. The number of nitrogens with one attached hydrogen (secondary N) is 1. The SMILES string of the molecule is Cc1ccc(S(=O)(=O)N[C@H](c2ccccc2)[C@]2(Cl)Cc3ccccc3C2=O)cc1. The number of carbonyl (C=O) groups is 1. The molecule has 4 rings (SSSR count). The van der Waals surface area contributed by atoms with E-state index in [-0.39, 0.29) is 17.1 Å². The standard InChI is InChI=1S/C23H20ClNO3S/c1-16-11-13-19(14-12-16)29(27,28)25-21(17-7-3-2-4-8-17)23(24)15-18-9-5-6-10-20(18)22(23)26/h2-14,21,25H,15H2,1H3/t21-,23-/m1/s1. The van der Waals surface area contributed by atoms with Gasteiger partial charge in [0, 0.05) is 12.0 Å². The van der Waals surface area contributed by atoms with Gasteiger partial charge >= 0.3 is 0 Å². The molecule has 0 aliphatic heterocycles. The highest BCUT2D eigenvalue weighted by molar-refractivity contribution is 7.89. The van der Waals surface area contributed by atoms with Crippen LogP contribution in [0.3, 0.4) is 0 Å². The summed E-state index contributed by atoms with van der Waals surface area (Å²) < 4.78 is 29.0. The van der Waals surface area contributed by atoms with Crippen LogP contribution in [0.2, 0.25) is 0 Å². The van der Waals surface area contributed by atoms with Crippen molar-refractivity contribution in [3.8, 4) is 0 Å². The van der Waals surface area contributed by atoms with Crippen LogP contribution in [0.1, 0.15) is 33.1 Å². The van der Waals surface area contributed by atoms with Crippen molar-refractivity contribution in [1.82, 2.24) is 4.72 Å². The topological polar surface area (TPSA) is 63.2 Å². The summed E-state index contributed by atoms with van der Waals surface area (Å²) in [5.41, 5.74) is 2.96. The van der Waals surface area contributed by atoms with E-state index in [1.165, 1.54) is 0 Å². The molecule has 1 aliphatic carbocycles. The Hall–Kier alpha value is -2.47. The van der Waals surface area contributed by atoms with Crippen molar-refractivity contribution in [2.75, 3.05) is 0 Å². The Bertz CT molecular complexity index is 1160. The van der Waals surface area contributed by atoms with Crippen molar-refractivity contribution in [2.24, 2.45) is 0 Å². The molecular weight excluding hydrogens is 406 g/mol. The maximum Gasteiger partial charge on any atom is 0.241 e. The second kappa shape index (κ2) is 7.41. The average molecular weight is 426 g/mol. The van der Waals surface area contributed by atoms with Crippen LogP contribution in [0.4, 0.5) is 0 Å². The molecule has 0 bridgehead atoms. The van der Waals surface area contributed by atoms with Crippen LogP contribution >= 0.6 is 11.6 Å². The number of benzene rings is 3. The molecule has 0 aromatic heterocycles. The van der Waals surface area contributed by atoms with Gasteiger partial charge in [0.2, 0.25) is 10.0 Å². The molecule has 0 unspecified atom stereocenters. The highest BCUT2D eigenvalue weighted by Crippen LogP contribution is 2.44. The first-order valence-corrected chi connectivity index (χ1v) is 11.1. The molecule has 2 atom stereocenters. The molecule has 0 saturated heterocycles. The molecule has 3 aromatic rings. The Balaban J connectivity index is 1.78. The summed E-state index contributed by atoms with van der Waals surface area (Å²) in [6.07, 6.45) is 0.250. The van der Waals surface area contributed by atoms with Crippen LogP contribution in [0.15, 0.2) is 83.8 Å². The number of sulfonamides is 1. The van der Waals surface area contributed by atoms with E-state index >= 15 is 0 Å². The summed E-state index contributed by atoms with van der Waals surface area (Å²) >= 11 is 6.93. The highest BCUT2D eigenvalue weighted by Gasteiger charge is 2.51. The molecule has 148 valence electrons. The van der Waals surface area contributed by atoms with E-state index in [1.54, 1.807) is 60.7 Å². The number of ketones is 1. The van der Waals surface area contributed by atoms with Crippen LogP contribution < -0.4 is 4.72 Å². The number of fused-ring (bicyclic) bond motifs is 1. The zero-order chi connectivity index (χ0) is 20.6. The largest absolute Gasteiger partial charge is 0.292 e. The van der Waals surface area contributed by atoms with Crippen LogP contribution in [0.5, 0.6) is 0 Å². The van der Waals surface area contributed by atoms with Crippen LogP contribution in [-0.2, 0) is 16.4 Å². The van der Waals surface area contributed by atoms with Gasteiger partial charge in [0.05, 0.1) is 10.9 Å². The summed E-state index contributed by atoms with van der Waals surface area (Å²) in [5.74, 6) is -0.268. The number of aryl methyl sites for hydroxylation is 1. The monoisotopic (exact) mass is 425 g/mol. The number of Topliss-reactive ketones (excluding diaryl/α,β-unsaturated/α-hetero) is 1. The Kier molecular flexibility index (Phi) is 5.07. The van der Waals surface area contributed by atoms with Gasteiger partial charge in [-0.25, -0.2) is 13.1 Å². The quantitative estimate of drug-likeness (QED) is 0.615. The smallest absolute Gasteiger partial charge is 0.241 e. The average Bonchev–Trinajstić information content (AvgIpc) is 2.98. The summed E-state index contributed by atoms with van der Waals surface area (Å²) in [4.78, 5) is 11.9. The van der Waals surface area contributed by atoms with Crippen molar-refractivity contribution in [3.05, 3.63) is 101 Å². The second-order valence-corrected chi connectivity index (χ2v) is 9.69. The number of carbonyl (C=O) groups excluding carboxylic acids is 1. The van der Waals surface area contributed by atoms with Gasteiger partial charge < -0.3 is 0 Å². The van der Waals surface area contributed by atoms with E-state index in [2.05, 4.69) is 4.72 Å². The molecule has 3 aromatic carbocycles. The Morgan fingerprint density at radius 1 is 0.931 bits per heavy atom. The minimum Gasteiger partial charge on any atom is -0.292 e. The van der Waals surface area contributed by atoms with Gasteiger partial charge in [-0.2, -0.15) is 0 Å². The molecule has 0 amide bonds. The highest BCUT2D eigenvalue weighted by atomic mass is 35.5. The van der Waals surface area contributed by atoms with E-state index in [4.69, 9.17) is 11.6 Å². The molecule has 0 spiro atoms. The van der Waals surface area contributed by atoms with Crippen molar-refractivity contribution < 1.29 is 13.2 Å². The lowest BCUT2D eigenvalue weighted by Gasteiger charge is -2.31.